The maximum atomic E-state index is 10.9. The number of hydrogen-bond donors (Lipinski definition) is 2. The van der Waals surface area contributed by atoms with Gasteiger partial charge in [0.2, 0.25) is 0 Å². The highest BCUT2D eigenvalue weighted by atomic mass is 16.2. The summed E-state index contributed by atoms with van der Waals surface area (Å²) in [6.07, 6.45) is 0. The van der Waals surface area contributed by atoms with Crippen LogP contribution < -0.4 is 11.1 Å². The zero-order valence-electron chi connectivity index (χ0n) is 6.76. The molecule has 5 nitrogen and oxygen atoms in total. The second-order valence-corrected chi connectivity index (χ2v) is 1.97. The van der Waals surface area contributed by atoms with Gasteiger partial charge in [-0.15, -0.1) is 0 Å². The molecule has 0 atom stereocenters. The van der Waals surface area contributed by atoms with Gasteiger partial charge < -0.3 is 10.6 Å². The number of carbonyl (C=O) groups is 2. The van der Waals surface area contributed by atoms with Crippen LogP contribution in [0.2, 0.25) is 0 Å². The van der Waals surface area contributed by atoms with Gasteiger partial charge in [-0.05, 0) is 13.8 Å². The number of imide groups is 1. The van der Waals surface area contributed by atoms with Crippen LogP contribution in [-0.2, 0) is 0 Å². The summed E-state index contributed by atoms with van der Waals surface area (Å²) in [5, 5.41) is 1.97. The van der Waals surface area contributed by atoms with E-state index in [0.717, 1.165) is 0 Å². The van der Waals surface area contributed by atoms with Crippen molar-refractivity contribution in [3.63, 3.8) is 0 Å². The van der Waals surface area contributed by atoms with Crippen molar-refractivity contribution in [2.45, 2.75) is 13.8 Å². The topological polar surface area (TPSA) is 75.4 Å². The van der Waals surface area contributed by atoms with Gasteiger partial charge in [-0.1, -0.05) is 0 Å². The summed E-state index contributed by atoms with van der Waals surface area (Å²) < 4.78 is 0. The number of nitrogens with zero attached hydrogens (tertiary/aromatic N) is 1. The monoisotopic (exact) mass is 159 g/mol. The smallest absolute Gasteiger partial charge is 0.325 e. The molecule has 0 fully saturated rings. The van der Waals surface area contributed by atoms with Gasteiger partial charge >= 0.3 is 12.1 Å². The molecule has 0 aromatic rings. The van der Waals surface area contributed by atoms with Crippen LogP contribution in [0.1, 0.15) is 13.8 Å². The van der Waals surface area contributed by atoms with Crippen LogP contribution in [-0.4, -0.2) is 30.1 Å². The fourth-order valence-corrected chi connectivity index (χ4v) is 0.695. The van der Waals surface area contributed by atoms with Crippen LogP contribution in [0.3, 0.4) is 0 Å². The predicted octanol–water partition coefficient (Wildman–Crippen LogP) is 0.117. The highest BCUT2D eigenvalue weighted by Gasteiger charge is 2.09. The molecule has 64 valence electrons. The normalized spacial score (nSPS) is 8.91. The van der Waals surface area contributed by atoms with E-state index in [-0.39, 0.29) is 0 Å². The van der Waals surface area contributed by atoms with Crippen molar-refractivity contribution in [2.75, 3.05) is 13.1 Å². The largest absolute Gasteiger partial charge is 0.351 e. The Kier molecular flexibility index (Phi) is 4.02. The third-order valence-electron chi connectivity index (χ3n) is 1.28. The van der Waals surface area contributed by atoms with Gasteiger partial charge in [-0.2, -0.15) is 0 Å². The summed E-state index contributed by atoms with van der Waals surface area (Å²) in [5.74, 6) is 0. The van der Waals surface area contributed by atoms with Crippen LogP contribution >= 0.6 is 0 Å². The number of hydrogen-bond acceptors (Lipinski definition) is 2. The van der Waals surface area contributed by atoms with Gasteiger partial charge in [0.1, 0.15) is 0 Å². The van der Waals surface area contributed by atoms with Gasteiger partial charge in [-0.25, -0.2) is 9.59 Å². The molecule has 0 aromatic heterocycles. The molecule has 0 saturated carbocycles. The zero-order valence-corrected chi connectivity index (χ0v) is 6.76. The number of nitrogens with one attached hydrogen (secondary N) is 1. The Labute approximate surface area is 65.5 Å². The number of carbonyl (C=O) groups excluding carboxylic acids is 2. The first kappa shape index (κ1) is 9.74. The third-order valence-corrected chi connectivity index (χ3v) is 1.28. The molecule has 0 aliphatic carbocycles. The lowest BCUT2D eigenvalue weighted by Gasteiger charge is -2.17. The molecule has 0 aliphatic rings. The first-order valence-electron chi connectivity index (χ1n) is 3.47. The quantitative estimate of drug-likeness (QED) is 0.600. The zero-order chi connectivity index (χ0) is 8.85. The van der Waals surface area contributed by atoms with Crippen molar-refractivity contribution >= 4 is 12.1 Å². The Balaban J connectivity index is 3.89. The summed E-state index contributed by atoms with van der Waals surface area (Å²) in [4.78, 5) is 22.6. The van der Waals surface area contributed by atoms with E-state index in [4.69, 9.17) is 5.73 Å². The van der Waals surface area contributed by atoms with E-state index in [1.807, 2.05) is 19.2 Å². The van der Waals surface area contributed by atoms with E-state index in [0.29, 0.717) is 13.1 Å². The standard InChI is InChI=1S/C6H13N3O2/c1-3-9(4-2)6(11)8-5(7)10/h3-4H2,1-2H3,(H3,7,8,10,11). The molecule has 0 saturated heterocycles. The maximum absolute atomic E-state index is 10.9. The first-order valence-corrected chi connectivity index (χ1v) is 3.47. The Hall–Kier alpha value is -1.26. The molecule has 0 bridgehead atoms. The minimum Gasteiger partial charge on any atom is -0.351 e. The van der Waals surface area contributed by atoms with Gasteiger partial charge in [0.05, 0.1) is 0 Å². The van der Waals surface area contributed by atoms with Crippen molar-refractivity contribution in [1.82, 2.24) is 10.2 Å². The van der Waals surface area contributed by atoms with Crippen molar-refractivity contribution in [3.8, 4) is 0 Å². The second-order valence-electron chi connectivity index (χ2n) is 1.97. The second kappa shape index (κ2) is 4.54. The van der Waals surface area contributed by atoms with Crippen molar-refractivity contribution in [3.05, 3.63) is 0 Å². The molecule has 0 spiro atoms. The number of rotatable bonds is 2. The Bertz CT molecular complexity index is 154. The number of urea groups is 2. The van der Waals surface area contributed by atoms with Crippen LogP contribution in [0.4, 0.5) is 9.59 Å². The van der Waals surface area contributed by atoms with Gasteiger partial charge in [0.15, 0.2) is 0 Å². The van der Waals surface area contributed by atoms with Crippen LogP contribution in [0.5, 0.6) is 0 Å². The summed E-state index contributed by atoms with van der Waals surface area (Å²) in [5.41, 5.74) is 4.74. The summed E-state index contributed by atoms with van der Waals surface area (Å²) in [7, 11) is 0. The lowest BCUT2D eigenvalue weighted by atomic mass is 10.5. The number of nitrogens with two attached hydrogens (primary N) is 1. The first-order chi connectivity index (χ1) is 5.11. The number of amides is 4. The fourth-order valence-electron chi connectivity index (χ4n) is 0.695. The van der Waals surface area contributed by atoms with Crippen LogP contribution in [0.15, 0.2) is 0 Å². The Morgan fingerprint density at radius 2 is 1.82 bits per heavy atom. The third kappa shape index (κ3) is 3.44. The summed E-state index contributed by atoms with van der Waals surface area (Å²) in [6, 6.07) is -1.26. The predicted molar refractivity (Wildman–Crippen MR) is 41.0 cm³/mol. The molecule has 0 radical (unpaired) electrons. The molecule has 3 N–H and O–H groups in total. The van der Waals surface area contributed by atoms with Gasteiger partial charge in [-0.3, -0.25) is 5.32 Å². The average molecular weight is 159 g/mol. The maximum Gasteiger partial charge on any atom is 0.325 e. The molecular weight excluding hydrogens is 146 g/mol. The Morgan fingerprint density at radius 1 is 1.36 bits per heavy atom. The van der Waals surface area contributed by atoms with E-state index in [1.54, 1.807) is 0 Å². The van der Waals surface area contributed by atoms with Crippen molar-refractivity contribution in [2.24, 2.45) is 5.73 Å². The molecular formula is C6H13N3O2. The Morgan fingerprint density at radius 3 is 2.09 bits per heavy atom. The summed E-state index contributed by atoms with van der Waals surface area (Å²) in [6.45, 7) is 4.78. The molecule has 0 aliphatic heterocycles. The highest BCUT2D eigenvalue weighted by Crippen LogP contribution is 1.86. The minimum atomic E-state index is -0.818. The van der Waals surface area contributed by atoms with Gasteiger partial charge in [0, 0.05) is 13.1 Å². The van der Waals surface area contributed by atoms with Crippen molar-refractivity contribution in [1.29, 1.82) is 0 Å². The molecule has 0 rings (SSSR count). The lowest BCUT2D eigenvalue weighted by molar-refractivity contribution is 0.201. The fraction of sp³-hybridized carbons (Fsp3) is 0.667. The van der Waals surface area contributed by atoms with Crippen LogP contribution in [0.25, 0.3) is 0 Å². The molecule has 0 heterocycles. The van der Waals surface area contributed by atoms with Crippen molar-refractivity contribution < 1.29 is 9.59 Å². The van der Waals surface area contributed by atoms with E-state index in [2.05, 4.69) is 0 Å². The number of primary amides is 1. The molecule has 0 unspecified atom stereocenters. The van der Waals surface area contributed by atoms with E-state index in [1.165, 1.54) is 4.90 Å². The van der Waals surface area contributed by atoms with Crippen LogP contribution in [0, 0.1) is 0 Å². The molecule has 4 amide bonds. The molecule has 5 heteroatoms. The lowest BCUT2D eigenvalue weighted by Crippen LogP contribution is -2.44. The SMILES string of the molecule is CCN(CC)C(=O)NC(N)=O. The van der Waals surface area contributed by atoms with E-state index in [9.17, 15) is 9.59 Å². The molecule has 0 aromatic carbocycles. The highest BCUT2D eigenvalue weighted by molar-refractivity contribution is 5.92. The van der Waals surface area contributed by atoms with Gasteiger partial charge in [0.25, 0.3) is 0 Å². The molecule has 11 heavy (non-hydrogen) atoms. The summed E-state index contributed by atoms with van der Waals surface area (Å²) >= 11 is 0. The minimum absolute atomic E-state index is 0.442. The van der Waals surface area contributed by atoms with E-state index < -0.39 is 12.1 Å². The average Bonchev–Trinajstić information content (AvgIpc) is 1.88. The van der Waals surface area contributed by atoms with E-state index >= 15 is 0 Å².